The number of ketones is 1. The molecule has 0 amide bonds. The van der Waals surface area contributed by atoms with Gasteiger partial charge in [-0.1, -0.05) is 33.1 Å². The van der Waals surface area contributed by atoms with Crippen LogP contribution < -0.4 is 0 Å². The summed E-state index contributed by atoms with van der Waals surface area (Å²) >= 11 is 0. The molecule has 0 heterocycles. The van der Waals surface area contributed by atoms with Crippen LogP contribution in [0.2, 0.25) is 0 Å². The zero-order valence-electron chi connectivity index (χ0n) is 9.94. The molecule has 0 N–H and O–H groups in total. The maximum Gasteiger partial charge on any atom is 0.132 e. The van der Waals surface area contributed by atoms with Crippen molar-refractivity contribution in [2.75, 3.05) is 0 Å². The van der Waals surface area contributed by atoms with Crippen molar-refractivity contribution in [2.45, 2.75) is 65.7 Å². The molecule has 14 heavy (non-hydrogen) atoms. The van der Waals surface area contributed by atoms with E-state index in [4.69, 9.17) is 0 Å². The van der Waals surface area contributed by atoms with E-state index in [1.807, 2.05) is 0 Å². The predicted molar refractivity (Wildman–Crippen MR) is 60.3 cm³/mol. The lowest BCUT2D eigenvalue weighted by atomic mass is 9.74. The minimum absolute atomic E-state index is 0.277. The number of Topliss-reactive ketones (excluding diaryl/α,β-unsaturated/α-hetero) is 1. The van der Waals surface area contributed by atoms with Crippen molar-refractivity contribution >= 4 is 5.78 Å². The Bertz CT molecular complexity index is 189. The molecule has 0 aromatic heterocycles. The van der Waals surface area contributed by atoms with Gasteiger partial charge in [0.05, 0.1) is 0 Å². The van der Waals surface area contributed by atoms with Crippen LogP contribution in [0.4, 0.5) is 0 Å². The lowest BCUT2D eigenvalue weighted by Crippen LogP contribution is -2.22. The highest BCUT2D eigenvalue weighted by molar-refractivity contribution is 5.77. The van der Waals surface area contributed by atoms with Gasteiger partial charge in [-0.15, -0.1) is 0 Å². The third-order valence-electron chi connectivity index (χ3n) is 3.88. The molecule has 0 aliphatic heterocycles. The molecule has 1 saturated carbocycles. The fourth-order valence-corrected chi connectivity index (χ4v) is 3.00. The Hall–Kier alpha value is -0.330. The van der Waals surface area contributed by atoms with Crippen molar-refractivity contribution in [2.24, 2.45) is 11.3 Å². The van der Waals surface area contributed by atoms with Crippen LogP contribution in [0.5, 0.6) is 0 Å². The topological polar surface area (TPSA) is 17.1 Å². The van der Waals surface area contributed by atoms with Crippen molar-refractivity contribution in [1.82, 2.24) is 0 Å². The van der Waals surface area contributed by atoms with Gasteiger partial charge in [-0.25, -0.2) is 0 Å². The molecule has 1 aliphatic rings. The summed E-state index contributed by atoms with van der Waals surface area (Å²) in [4.78, 5) is 11.3. The standard InChI is InChI=1S/C13H24O/c1-4-7-13(8-5-6-9-13)10-11(2)12(3)14/h11H,4-10H2,1-3H3/t11-/m0/s1. The molecule has 0 radical (unpaired) electrons. The van der Waals surface area contributed by atoms with Gasteiger partial charge >= 0.3 is 0 Å². The van der Waals surface area contributed by atoms with Gasteiger partial charge in [0.25, 0.3) is 0 Å². The van der Waals surface area contributed by atoms with Crippen LogP contribution in [-0.4, -0.2) is 5.78 Å². The summed E-state index contributed by atoms with van der Waals surface area (Å²) in [6.07, 6.45) is 9.21. The van der Waals surface area contributed by atoms with Gasteiger partial charge < -0.3 is 0 Å². The quantitative estimate of drug-likeness (QED) is 0.650. The number of rotatable bonds is 5. The zero-order chi connectivity index (χ0) is 10.6. The van der Waals surface area contributed by atoms with Crippen LogP contribution in [0.1, 0.15) is 65.7 Å². The van der Waals surface area contributed by atoms with E-state index in [-0.39, 0.29) is 5.92 Å². The van der Waals surface area contributed by atoms with E-state index in [9.17, 15) is 4.79 Å². The van der Waals surface area contributed by atoms with Gasteiger partial charge in [0.15, 0.2) is 0 Å². The summed E-state index contributed by atoms with van der Waals surface area (Å²) < 4.78 is 0. The van der Waals surface area contributed by atoms with Crippen LogP contribution in [0.15, 0.2) is 0 Å². The zero-order valence-corrected chi connectivity index (χ0v) is 9.94. The Labute approximate surface area is 88.3 Å². The second kappa shape index (κ2) is 4.95. The molecule has 0 spiro atoms. The van der Waals surface area contributed by atoms with E-state index in [2.05, 4.69) is 13.8 Å². The van der Waals surface area contributed by atoms with Crippen molar-refractivity contribution in [3.05, 3.63) is 0 Å². The Balaban J connectivity index is 2.55. The fraction of sp³-hybridized carbons (Fsp3) is 0.923. The molecule has 1 nitrogen and oxygen atoms in total. The molecular formula is C13H24O. The summed E-state index contributed by atoms with van der Waals surface area (Å²) in [5.74, 6) is 0.645. The molecule has 0 saturated heterocycles. The summed E-state index contributed by atoms with van der Waals surface area (Å²) in [5, 5.41) is 0. The third-order valence-corrected chi connectivity index (χ3v) is 3.88. The first-order valence-corrected chi connectivity index (χ1v) is 6.10. The van der Waals surface area contributed by atoms with E-state index in [0.717, 1.165) is 6.42 Å². The van der Waals surface area contributed by atoms with Gasteiger partial charge in [-0.2, -0.15) is 0 Å². The van der Waals surface area contributed by atoms with Crippen molar-refractivity contribution in [3.8, 4) is 0 Å². The summed E-state index contributed by atoms with van der Waals surface area (Å²) in [6, 6.07) is 0. The van der Waals surface area contributed by atoms with Gasteiger partial charge in [-0.05, 0) is 38.0 Å². The van der Waals surface area contributed by atoms with E-state index in [0.29, 0.717) is 11.2 Å². The monoisotopic (exact) mass is 196 g/mol. The molecule has 1 aliphatic carbocycles. The summed E-state index contributed by atoms with van der Waals surface area (Å²) in [6.45, 7) is 6.09. The van der Waals surface area contributed by atoms with E-state index in [1.165, 1.54) is 38.5 Å². The predicted octanol–water partition coefficient (Wildman–Crippen LogP) is 3.96. The van der Waals surface area contributed by atoms with E-state index in [1.54, 1.807) is 6.92 Å². The first-order chi connectivity index (χ1) is 6.59. The molecule has 1 fully saturated rings. The third kappa shape index (κ3) is 2.83. The molecule has 0 bridgehead atoms. The van der Waals surface area contributed by atoms with Crippen LogP contribution in [0.25, 0.3) is 0 Å². The highest BCUT2D eigenvalue weighted by Gasteiger charge is 2.34. The second-order valence-corrected chi connectivity index (χ2v) is 5.17. The number of hydrogen-bond donors (Lipinski definition) is 0. The Morgan fingerprint density at radius 1 is 1.36 bits per heavy atom. The Morgan fingerprint density at radius 3 is 2.36 bits per heavy atom. The molecule has 0 unspecified atom stereocenters. The van der Waals surface area contributed by atoms with Gasteiger partial charge in [0, 0.05) is 5.92 Å². The van der Waals surface area contributed by atoms with Gasteiger partial charge in [-0.3, -0.25) is 4.79 Å². The normalized spacial score (nSPS) is 22.2. The average Bonchev–Trinajstić information content (AvgIpc) is 2.54. The average molecular weight is 196 g/mol. The number of carbonyl (C=O) groups excluding carboxylic acids is 1. The largest absolute Gasteiger partial charge is 0.300 e. The first-order valence-electron chi connectivity index (χ1n) is 6.10. The molecule has 82 valence electrons. The van der Waals surface area contributed by atoms with Crippen molar-refractivity contribution < 1.29 is 4.79 Å². The van der Waals surface area contributed by atoms with Crippen LogP contribution in [-0.2, 0) is 4.79 Å². The SMILES string of the molecule is CCCC1(C[C@H](C)C(C)=O)CCCC1. The highest BCUT2D eigenvalue weighted by atomic mass is 16.1. The molecular weight excluding hydrogens is 172 g/mol. The van der Waals surface area contributed by atoms with Crippen molar-refractivity contribution in [1.29, 1.82) is 0 Å². The molecule has 0 aromatic carbocycles. The molecule has 1 heteroatoms. The molecule has 0 aromatic rings. The van der Waals surface area contributed by atoms with Crippen LogP contribution in [0, 0.1) is 11.3 Å². The van der Waals surface area contributed by atoms with Crippen LogP contribution in [0.3, 0.4) is 0 Å². The molecule has 1 rings (SSSR count). The van der Waals surface area contributed by atoms with Gasteiger partial charge in [0.2, 0.25) is 0 Å². The van der Waals surface area contributed by atoms with E-state index >= 15 is 0 Å². The Morgan fingerprint density at radius 2 is 1.93 bits per heavy atom. The highest BCUT2D eigenvalue weighted by Crippen LogP contribution is 2.46. The van der Waals surface area contributed by atoms with Crippen LogP contribution >= 0.6 is 0 Å². The maximum absolute atomic E-state index is 11.3. The van der Waals surface area contributed by atoms with Gasteiger partial charge in [0.1, 0.15) is 5.78 Å². The second-order valence-electron chi connectivity index (χ2n) is 5.17. The lowest BCUT2D eigenvalue weighted by Gasteiger charge is -2.30. The number of hydrogen-bond acceptors (Lipinski definition) is 1. The number of carbonyl (C=O) groups is 1. The first kappa shape index (κ1) is 11.7. The lowest BCUT2D eigenvalue weighted by molar-refractivity contribution is -0.121. The molecule has 1 atom stereocenters. The summed E-state index contributed by atoms with van der Waals surface area (Å²) in [7, 11) is 0. The summed E-state index contributed by atoms with van der Waals surface area (Å²) in [5.41, 5.74) is 0.528. The maximum atomic E-state index is 11.3. The smallest absolute Gasteiger partial charge is 0.132 e. The fourth-order valence-electron chi connectivity index (χ4n) is 3.00. The minimum Gasteiger partial charge on any atom is -0.300 e. The minimum atomic E-state index is 0.277. The Kier molecular flexibility index (Phi) is 4.15. The van der Waals surface area contributed by atoms with E-state index < -0.39 is 0 Å². The van der Waals surface area contributed by atoms with Crippen molar-refractivity contribution in [3.63, 3.8) is 0 Å².